The quantitative estimate of drug-likeness (QED) is 0.642. The molecule has 2 aromatic heterocycles. The van der Waals surface area contributed by atoms with Crippen molar-refractivity contribution in [1.82, 2.24) is 14.8 Å². The molecule has 6 nitrogen and oxygen atoms in total. The molecule has 0 unspecified atom stereocenters. The standard InChI is InChI=1S/C24H35N3O3S/c1-16(2)30-12-7-11-27-22(28)20-14-21-19(10-13-31-21)26(20)15-24(27,4)23(29)25-18-9-6-5-8-17(18)3/h10,13-14,16-18H,5-9,11-12,15H2,1-4H3,(H,25,29)/t17-,18+,24-/m1/s1. The number of rotatable bonds is 7. The number of nitrogens with one attached hydrogen (secondary N) is 1. The molecule has 4 rings (SSSR count). The Balaban J connectivity index is 1.61. The van der Waals surface area contributed by atoms with Crippen LogP contribution in [0.3, 0.4) is 0 Å². The first-order valence-electron chi connectivity index (χ1n) is 11.6. The van der Waals surface area contributed by atoms with Crippen LogP contribution in [0.4, 0.5) is 0 Å². The van der Waals surface area contributed by atoms with Gasteiger partial charge in [-0.05, 0) is 63.5 Å². The first-order chi connectivity index (χ1) is 14.8. The Labute approximate surface area is 188 Å². The van der Waals surface area contributed by atoms with E-state index in [2.05, 4.69) is 12.2 Å². The molecule has 1 aliphatic carbocycles. The van der Waals surface area contributed by atoms with Crippen LogP contribution in [-0.4, -0.2) is 52.1 Å². The maximum atomic E-state index is 13.7. The van der Waals surface area contributed by atoms with Gasteiger partial charge in [-0.2, -0.15) is 0 Å². The fraction of sp³-hybridized carbons (Fsp3) is 0.667. The highest BCUT2D eigenvalue weighted by Crippen LogP contribution is 2.35. The second kappa shape index (κ2) is 8.94. The average molecular weight is 446 g/mol. The molecular weight excluding hydrogens is 410 g/mol. The number of fused-ring (bicyclic) bond motifs is 3. The van der Waals surface area contributed by atoms with Crippen molar-refractivity contribution in [3.8, 4) is 0 Å². The van der Waals surface area contributed by atoms with Gasteiger partial charge in [0.15, 0.2) is 0 Å². The predicted octanol–water partition coefficient (Wildman–Crippen LogP) is 4.43. The largest absolute Gasteiger partial charge is 0.379 e. The van der Waals surface area contributed by atoms with E-state index in [4.69, 9.17) is 4.74 Å². The summed E-state index contributed by atoms with van der Waals surface area (Å²) in [5.41, 5.74) is 0.802. The summed E-state index contributed by atoms with van der Waals surface area (Å²) in [5, 5.41) is 5.37. The van der Waals surface area contributed by atoms with Gasteiger partial charge in [0.05, 0.1) is 22.9 Å². The molecule has 1 aliphatic heterocycles. The van der Waals surface area contributed by atoms with Crippen molar-refractivity contribution in [1.29, 1.82) is 0 Å². The maximum Gasteiger partial charge on any atom is 0.271 e. The molecule has 7 heteroatoms. The zero-order chi connectivity index (χ0) is 22.2. The van der Waals surface area contributed by atoms with Crippen molar-refractivity contribution in [2.24, 2.45) is 5.92 Å². The van der Waals surface area contributed by atoms with Gasteiger partial charge < -0.3 is 19.5 Å². The van der Waals surface area contributed by atoms with Crippen LogP contribution in [0.2, 0.25) is 0 Å². The lowest BCUT2D eigenvalue weighted by Crippen LogP contribution is -2.65. The highest BCUT2D eigenvalue weighted by Gasteiger charge is 2.48. The van der Waals surface area contributed by atoms with Gasteiger partial charge in [-0.1, -0.05) is 19.8 Å². The van der Waals surface area contributed by atoms with Crippen molar-refractivity contribution in [2.75, 3.05) is 13.2 Å². The number of carbonyl (C=O) groups excluding carboxylic acids is 2. The number of ether oxygens (including phenoxy) is 1. The lowest BCUT2D eigenvalue weighted by atomic mass is 9.85. The van der Waals surface area contributed by atoms with Crippen LogP contribution in [0.15, 0.2) is 17.5 Å². The molecule has 2 aliphatic rings. The third-order valence-corrected chi connectivity index (χ3v) is 7.80. The van der Waals surface area contributed by atoms with E-state index in [1.54, 1.807) is 16.2 Å². The summed E-state index contributed by atoms with van der Waals surface area (Å²) in [6.07, 6.45) is 5.41. The summed E-state index contributed by atoms with van der Waals surface area (Å²) in [4.78, 5) is 29.1. The van der Waals surface area contributed by atoms with Crippen molar-refractivity contribution < 1.29 is 14.3 Å². The Kier molecular flexibility index (Phi) is 6.44. The van der Waals surface area contributed by atoms with E-state index in [0.717, 1.165) is 29.5 Å². The number of nitrogens with zero attached hydrogens (tertiary/aromatic N) is 2. The number of amides is 2. The molecule has 31 heavy (non-hydrogen) atoms. The number of hydrogen-bond acceptors (Lipinski definition) is 4. The normalized spacial score (nSPS) is 26.5. The Morgan fingerprint density at radius 3 is 2.87 bits per heavy atom. The molecule has 3 heterocycles. The number of thiophene rings is 1. The Hall–Kier alpha value is -1.86. The average Bonchev–Trinajstić information content (AvgIpc) is 3.31. The minimum absolute atomic E-state index is 0.0351. The first-order valence-corrected chi connectivity index (χ1v) is 12.5. The van der Waals surface area contributed by atoms with Crippen LogP contribution in [0.1, 0.15) is 70.3 Å². The lowest BCUT2D eigenvalue weighted by molar-refractivity contribution is -0.134. The van der Waals surface area contributed by atoms with Crippen molar-refractivity contribution in [2.45, 2.75) is 84.0 Å². The van der Waals surface area contributed by atoms with E-state index in [0.29, 0.717) is 37.7 Å². The Morgan fingerprint density at radius 2 is 2.13 bits per heavy atom. The van der Waals surface area contributed by atoms with Crippen LogP contribution in [0.5, 0.6) is 0 Å². The van der Waals surface area contributed by atoms with Gasteiger partial charge in [-0.15, -0.1) is 11.3 Å². The van der Waals surface area contributed by atoms with E-state index in [1.807, 2.05) is 42.9 Å². The van der Waals surface area contributed by atoms with Gasteiger partial charge in [-0.3, -0.25) is 9.59 Å². The summed E-state index contributed by atoms with van der Waals surface area (Å²) >= 11 is 1.63. The molecule has 1 fully saturated rings. The summed E-state index contributed by atoms with van der Waals surface area (Å²) in [7, 11) is 0. The zero-order valence-corrected chi connectivity index (χ0v) is 20.0. The van der Waals surface area contributed by atoms with Gasteiger partial charge in [0.2, 0.25) is 5.91 Å². The minimum atomic E-state index is -0.924. The van der Waals surface area contributed by atoms with Crippen LogP contribution in [0, 0.1) is 5.92 Å². The highest BCUT2D eigenvalue weighted by atomic mass is 32.1. The molecule has 0 saturated heterocycles. The highest BCUT2D eigenvalue weighted by molar-refractivity contribution is 7.17. The van der Waals surface area contributed by atoms with Gasteiger partial charge in [0, 0.05) is 19.2 Å². The summed E-state index contributed by atoms with van der Waals surface area (Å²) in [6, 6.07) is 4.21. The molecule has 0 spiro atoms. The summed E-state index contributed by atoms with van der Waals surface area (Å²) in [5.74, 6) is 0.375. The number of hydrogen-bond donors (Lipinski definition) is 1. The zero-order valence-electron chi connectivity index (χ0n) is 19.1. The van der Waals surface area contributed by atoms with Crippen LogP contribution < -0.4 is 5.32 Å². The van der Waals surface area contributed by atoms with Gasteiger partial charge in [0.25, 0.3) is 5.91 Å². The van der Waals surface area contributed by atoms with Crippen molar-refractivity contribution >= 4 is 33.4 Å². The van der Waals surface area contributed by atoms with Gasteiger partial charge in [-0.25, -0.2) is 0 Å². The monoisotopic (exact) mass is 445 g/mol. The van der Waals surface area contributed by atoms with E-state index in [-0.39, 0.29) is 24.0 Å². The van der Waals surface area contributed by atoms with E-state index in [1.165, 1.54) is 6.42 Å². The topological polar surface area (TPSA) is 63.6 Å². The molecule has 0 radical (unpaired) electrons. The predicted molar refractivity (Wildman–Crippen MR) is 125 cm³/mol. The maximum absolute atomic E-state index is 13.7. The van der Waals surface area contributed by atoms with Gasteiger partial charge >= 0.3 is 0 Å². The molecule has 1 saturated carbocycles. The molecule has 3 atom stereocenters. The van der Waals surface area contributed by atoms with E-state index < -0.39 is 5.54 Å². The minimum Gasteiger partial charge on any atom is -0.379 e. The Morgan fingerprint density at radius 1 is 1.35 bits per heavy atom. The number of carbonyl (C=O) groups is 2. The van der Waals surface area contributed by atoms with Crippen LogP contribution in [0.25, 0.3) is 10.2 Å². The number of aromatic nitrogens is 1. The van der Waals surface area contributed by atoms with Crippen LogP contribution in [-0.2, 0) is 16.1 Å². The third kappa shape index (κ3) is 4.27. The van der Waals surface area contributed by atoms with E-state index >= 15 is 0 Å². The smallest absolute Gasteiger partial charge is 0.271 e. The second-order valence-corrected chi connectivity index (χ2v) is 10.6. The Bertz CT molecular complexity index is 949. The molecular formula is C24H35N3O3S. The molecule has 2 amide bonds. The second-order valence-electron chi connectivity index (χ2n) is 9.63. The SMILES string of the molecule is CC(C)OCCCN1C(=O)c2cc3sccc3n2C[C@]1(C)C(=O)N[C@H]1CCCC[C@H]1C. The lowest BCUT2D eigenvalue weighted by Gasteiger charge is -2.45. The first kappa shape index (κ1) is 22.3. The molecule has 170 valence electrons. The summed E-state index contributed by atoms with van der Waals surface area (Å²) in [6.45, 7) is 9.73. The van der Waals surface area contributed by atoms with Crippen molar-refractivity contribution in [3.05, 3.63) is 23.2 Å². The third-order valence-electron chi connectivity index (χ3n) is 6.94. The van der Waals surface area contributed by atoms with Crippen LogP contribution >= 0.6 is 11.3 Å². The molecule has 2 aromatic rings. The fourth-order valence-electron chi connectivity index (χ4n) is 5.02. The molecule has 0 bridgehead atoms. The fourth-order valence-corrected chi connectivity index (χ4v) is 5.84. The van der Waals surface area contributed by atoms with Crippen molar-refractivity contribution in [3.63, 3.8) is 0 Å². The van der Waals surface area contributed by atoms with Gasteiger partial charge in [0.1, 0.15) is 11.2 Å². The molecule has 1 N–H and O–H groups in total. The molecule has 0 aromatic carbocycles. The van der Waals surface area contributed by atoms with E-state index in [9.17, 15) is 9.59 Å². The summed E-state index contributed by atoms with van der Waals surface area (Å²) < 4.78 is 8.83.